The average molecular weight is 318 g/mol. The fourth-order valence-electron chi connectivity index (χ4n) is 1.73. The molecule has 0 heterocycles. The molecule has 1 aromatic carbocycles. The van der Waals surface area contributed by atoms with Crippen LogP contribution in [0, 0.1) is 0 Å². The summed E-state index contributed by atoms with van der Waals surface area (Å²) in [6.45, 7) is 5.70. The molecule has 0 saturated carbocycles. The molecule has 6 heteroatoms. The van der Waals surface area contributed by atoms with Crippen molar-refractivity contribution in [3.63, 3.8) is 0 Å². The Hall–Kier alpha value is -1.01. The van der Waals surface area contributed by atoms with Gasteiger partial charge in [-0.1, -0.05) is 18.5 Å². The van der Waals surface area contributed by atoms with Gasteiger partial charge in [-0.2, -0.15) is 0 Å². The molecule has 1 rings (SSSR count). The molecule has 0 atom stereocenters. The zero-order valence-corrected chi connectivity index (χ0v) is 13.7. The van der Waals surface area contributed by atoms with Gasteiger partial charge in [0.25, 0.3) is 0 Å². The lowest BCUT2D eigenvalue weighted by Crippen LogP contribution is -2.13. The third-order valence-corrected chi connectivity index (χ3v) is 3.05. The van der Waals surface area contributed by atoms with Gasteiger partial charge in [-0.05, 0) is 24.2 Å². The third-order valence-electron chi connectivity index (χ3n) is 2.77. The fourth-order valence-corrected chi connectivity index (χ4v) is 2.02. The maximum atomic E-state index is 6.26. The Balaban J connectivity index is 2.56. The van der Waals surface area contributed by atoms with Gasteiger partial charge in [-0.3, -0.25) is 0 Å². The summed E-state index contributed by atoms with van der Waals surface area (Å²) in [6.07, 6.45) is 0. The molecule has 1 N–H and O–H groups in total. The maximum absolute atomic E-state index is 6.26. The van der Waals surface area contributed by atoms with Crippen molar-refractivity contribution in [2.45, 2.75) is 13.5 Å². The predicted molar refractivity (Wildman–Crippen MR) is 83.6 cm³/mol. The van der Waals surface area contributed by atoms with Crippen LogP contribution in [0.4, 0.5) is 0 Å². The molecule has 120 valence electrons. The Morgan fingerprint density at radius 1 is 1.10 bits per heavy atom. The fraction of sp³-hybridized carbons (Fsp3) is 0.600. The maximum Gasteiger partial charge on any atom is 0.179 e. The van der Waals surface area contributed by atoms with Gasteiger partial charge in [0, 0.05) is 13.7 Å². The number of hydrogen-bond acceptors (Lipinski definition) is 5. The molecule has 0 spiro atoms. The van der Waals surface area contributed by atoms with Crippen molar-refractivity contribution >= 4 is 11.6 Å². The second kappa shape index (κ2) is 10.7. The van der Waals surface area contributed by atoms with Crippen LogP contribution < -0.4 is 14.8 Å². The van der Waals surface area contributed by atoms with Crippen LogP contribution in [0.2, 0.25) is 5.02 Å². The molecule has 0 radical (unpaired) electrons. The summed E-state index contributed by atoms with van der Waals surface area (Å²) in [7, 11) is 3.24. The monoisotopic (exact) mass is 317 g/mol. The predicted octanol–water partition coefficient (Wildman–Crippen LogP) is 2.50. The van der Waals surface area contributed by atoms with Crippen LogP contribution in [0.3, 0.4) is 0 Å². The molecule has 0 aliphatic rings. The van der Waals surface area contributed by atoms with E-state index >= 15 is 0 Å². The summed E-state index contributed by atoms with van der Waals surface area (Å²) in [4.78, 5) is 0. The van der Waals surface area contributed by atoms with E-state index in [1.807, 2.05) is 12.1 Å². The van der Waals surface area contributed by atoms with Crippen molar-refractivity contribution in [3.8, 4) is 11.5 Å². The van der Waals surface area contributed by atoms with Gasteiger partial charge < -0.3 is 24.3 Å². The van der Waals surface area contributed by atoms with Gasteiger partial charge in [-0.25, -0.2) is 0 Å². The van der Waals surface area contributed by atoms with Gasteiger partial charge in [0.2, 0.25) is 0 Å². The van der Waals surface area contributed by atoms with Gasteiger partial charge in [0.05, 0.1) is 32.0 Å². The van der Waals surface area contributed by atoms with Crippen LogP contribution in [-0.2, 0) is 16.0 Å². The largest absolute Gasteiger partial charge is 0.493 e. The van der Waals surface area contributed by atoms with E-state index in [2.05, 4.69) is 12.2 Å². The number of rotatable bonds is 11. The zero-order chi connectivity index (χ0) is 15.5. The van der Waals surface area contributed by atoms with Crippen LogP contribution in [0.5, 0.6) is 11.5 Å². The zero-order valence-electron chi connectivity index (χ0n) is 12.9. The second-order valence-electron chi connectivity index (χ2n) is 4.34. The first-order valence-electron chi connectivity index (χ1n) is 6.99. The Morgan fingerprint density at radius 3 is 2.52 bits per heavy atom. The number of ether oxygens (including phenoxy) is 4. The minimum absolute atomic E-state index is 0.409. The first-order valence-corrected chi connectivity index (χ1v) is 7.37. The van der Waals surface area contributed by atoms with E-state index in [0.717, 1.165) is 18.7 Å². The van der Waals surface area contributed by atoms with Crippen molar-refractivity contribution in [1.29, 1.82) is 0 Å². The summed E-state index contributed by atoms with van der Waals surface area (Å²) in [5, 5.41) is 3.79. The highest BCUT2D eigenvalue weighted by atomic mass is 35.5. The Morgan fingerprint density at radius 2 is 1.86 bits per heavy atom. The Bertz CT molecular complexity index is 415. The molecule has 1 aromatic rings. The number of halogens is 1. The molecule has 0 amide bonds. The highest BCUT2D eigenvalue weighted by Crippen LogP contribution is 2.36. The number of nitrogens with one attached hydrogen (secondary N) is 1. The van der Waals surface area contributed by atoms with Gasteiger partial charge in [0.15, 0.2) is 11.5 Å². The van der Waals surface area contributed by atoms with E-state index in [4.69, 9.17) is 30.5 Å². The minimum Gasteiger partial charge on any atom is -0.493 e. The first-order chi connectivity index (χ1) is 10.2. The number of methoxy groups -OCH3 is 2. The van der Waals surface area contributed by atoms with Crippen molar-refractivity contribution < 1.29 is 18.9 Å². The molecule has 0 unspecified atom stereocenters. The molecule has 0 saturated heterocycles. The third kappa shape index (κ3) is 6.52. The summed E-state index contributed by atoms with van der Waals surface area (Å²) in [5.41, 5.74) is 1.06. The quantitative estimate of drug-likeness (QED) is 0.635. The van der Waals surface area contributed by atoms with E-state index in [1.54, 1.807) is 14.2 Å². The molecule has 0 aliphatic heterocycles. The lowest BCUT2D eigenvalue weighted by Gasteiger charge is -2.14. The summed E-state index contributed by atoms with van der Waals surface area (Å²) in [5.74, 6) is 1.18. The lowest BCUT2D eigenvalue weighted by atomic mass is 10.2. The molecular weight excluding hydrogens is 294 g/mol. The number of benzene rings is 1. The number of hydrogen-bond donors (Lipinski definition) is 1. The van der Waals surface area contributed by atoms with Gasteiger partial charge in [-0.15, -0.1) is 0 Å². The SMILES string of the molecule is CCNCc1cc(Cl)c(OCCOCCOC)c(OC)c1. The molecule has 21 heavy (non-hydrogen) atoms. The van der Waals surface area contributed by atoms with Gasteiger partial charge >= 0.3 is 0 Å². The van der Waals surface area contributed by atoms with E-state index in [1.165, 1.54) is 0 Å². The topological polar surface area (TPSA) is 49.0 Å². The Labute approximate surface area is 131 Å². The highest BCUT2D eigenvalue weighted by Gasteiger charge is 2.11. The molecule has 5 nitrogen and oxygen atoms in total. The minimum atomic E-state index is 0.409. The summed E-state index contributed by atoms with van der Waals surface area (Å²) >= 11 is 6.26. The van der Waals surface area contributed by atoms with Crippen LogP contribution in [0.1, 0.15) is 12.5 Å². The lowest BCUT2D eigenvalue weighted by molar-refractivity contribution is 0.0540. The van der Waals surface area contributed by atoms with Crippen LogP contribution in [-0.4, -0.2) is 47.2 Å². The summed E-state index contributed by atoms with van der Waals surface area (Å²) in [6, 6.07) is 3.81. The summed E-state index contributed by atoms with van der Waals surface area (Å²) < 4.78 is 21.2. The smallest absolute Gasteiger partial charge is 0.179 e. The first kappa shape index (κ1) is 18.0. The highest BCUT2D eigenvalue weighted by molar-refractivity contribution is 6.32. The van der Waals surface area contributed by atoms with Crippen molar-refractivity contribution in [3.05, 3.63) is 22.7 Å². The van der Waals surface area contributed by atoms with Gasteiger partial charge in [0.1, 0.15) is 6.61 Å². The Kier molecular flexibility index (Phi) is 9.17. The molecule has 0 aromatic heterocycles. The second-order valence-corrected chi connectivity index (χ2v) is 4.75. The molecular formula is C15H24ClNO4. The van der Waals surface area contributed by atoms with Crippen molar-refractivity contribution in [2.75, 3.05) is 47.2 Å². The molecule has 0 aliphatic carbocycles. The average Bonchev–Trinajstić information content (AvgIpc) is 2.49. The van der Waals surface area contributed by atoms with E-state index < -0.39 is 0 Å². The van der Waals surface area contributed by atoms with E-state index in [9.17, 15) is 0 Å². The van der Waals surface area contributed by atoms with E-state index in [-0.39, 0.29) is 0 Å². The standard InChI is InChI=1S/C15H24ClNO4/c1-4-17-11-12-9-13(16)15(14(10-12)19-3)21-8-7-20-6-5-18-2/h9-10,17H,4-8,11H2,1-3H3. The normalized spacial score (nSPS) is 10.7. The molecule has 0 bridgehead atoms. The van der Waals surface area contributed by atoms with Crippen LogP contribution in [0.15, 0.2) is 12.1 Å². The van der Waals surface area contributed by atoms with Crippen LogP contribution in [0.25, 0.3) is 0 Å². The van der Waals surface area contributed by atoms with Crippen molar-refractivity contribution in [1.82, 2.24) is 5.32 Å². The van der Waals surface area contributed by atoms with Crippen LogP contribution >= 0.6 is 11.6 Å². The van der Waals surface area contributed by atoms with E-state index in [0.29, 0.717) is 42.9 Å². The van der Waals surface area contributed by atoms with Crippen molar-refractivity contribution in [2.24, 2.45) is 0 Å². The molecule has 0 fully saturated rings.